The monoisotopic (exact) mass is 285 g/mol. The van der Waals surface area contributed by atoms with Gasteiger partial charge in [0.05, 0.1) is 5.56 Å². The summed E-state index contributed by atoms with van der Waals surface area (Å²) in [6.45, 7) is -0.0603. The van der Waals surface area contributed by atoms with Gasteiger partial charge in [0.1, 0.15) is 11.6 Å². The second kappa shape index (κ2) is 5.16. The first kappa shape index (κ1) is 14.4. The number of hydrogen-bond acceptors (Lipinski definition) is 3. The Morgan fingerprint density at radius 1 is 1.20 bits per heavy atom. The third-order valence-corrected chi connectivity index (χ3v) is 3.43. The van der Waals surface area contributed by atoms with Crippen molar-refractivity contribution in [2.75, 3.05) is 13.1 Å². The van der Waals surface area contributed by atoms with Gasteiger partial charge in [0.15, 0.2) is 5.60 Å². The van der Waals surface area contributed by atoms with Gasteiger partial charge in [0.2, 0.25) is 0 Å². The normalized spacial score (nSPS) is 17.9. The second-order valence-electron chi connectivity index (χ2n) is 4.75. The van der Waals surface area contributed by atoms with Crippen molar-refractivity contribution in [3.8, 4) is 0 Å². The number of amides is 1. The summed E-state index contributed by atoms with van der Waals surface area (Å²) < 4.78 is 26.5. The molecule has 1 aromatic rings. The van der Waals surface area contributed by atoms with E-state index in [0.717, 1.165) is 18.2 Å². The Labute approximate surface area is 113 Å². The van der Waals surface area contributed by atoms with Gasteiger partial charge < -0.3 is 15.1 Å². The molecule has 2 N–H and O–H groups in total. The predicted octanol–water partition coefficient (Wildman–Crippen LogP) is 1.02. The maximum absolute atomic E-state index is 13.5. The molecule has 1 aromatic carbocycles. The van der Waals surface area contributed by atoms with Crippen LogP contribution in [-0.4, -0.2) is 45.7 Å². The van der Waals surface area contributed by atoms with Crippen molar-refractivity contribution in [1.29, 1.82) is 0 Å². The van der Waals surface area contributed by atoms with Gasteiger partial charge in [0.25, 0.3) is 5.91 Å². The molecule has 0 atom stereocenters. The zero-order valence-corrected chi connectivity index (χ0v) is 10.5. The van der Waals surface area contributed by atoms with Crippen LogP contribution in [0, 0.1) is 11.6 Å². The van der Waals surface area contributed by atoms with E-state index in [-0.39, 0.29) is 25.9 Å². The second-order valence-corrected chi connectivity index (χ2v) is 4.75. The number of carbonyl (C=O) groups is 2. The van der Waals surface area contributed by atoms with Gasteiger partial charge in [-0.05, 0) is 18.2 Å². The minimum absolute atomic E-state index is 0.0302. The number of aliphatic hydroxyl groups is 1. The molecule has 0 aromatic heterocycles. The third kappa shape index (κ3) is 2.62. The molecule has 20 heavy (non-hydrogen) atoms. The van der Waals surface area contributed by atoms with Crippen LogP contribution in [0.2, 0.25) is 0 Å². The van der Waals surface area contributed by atoms with E-state index >= 15 is 0 Å². The smallest absolute Gasteiger partial charge is 0.335 e. The number of carbonyl (C=O) groups excluding carboxylic acids is 1. The maximum atomic E-state index is 13.5. The number of rotatable bonds is 2. The Morgan fingerprint density at radius 2 is 1.80 bits per heavy atom. The van der Waals surface area contributed by atoms with E-state index in [4.69, 9.17) is 5.11 Å². The number of likely N-dealkylation sites (tertiary alicyclic amines) is 1. The van der Waals surface area contributed by atoms with Crippen molar-refractivity contribution in [3.05, 3.63) is 35.4 Å². The molecule has 1 aliphatic rings. The molecule has 1 fully saturated rings. The van der Waals surface area contributed by atoms with Crippen LogP contribution in [-0.2, 0) is 4.79 Å². The summed E-state index contributed by atoms with van der Waals surface area (Å²) in [5.41, 5.74) is -2.26. The predicted molar refractivity (Wildman–Crippen MR) is 64.1 cm³/mol. The van der Waals surface area contributed by atoms with Crippen LogP contribution >= 0.6 is 0 Å². The molecule has 0 spiro atoms. The van der Waals surface area contributed by atoms with Crippen molar-refractivity contribution in [1.82, 2.24) is 4.90 Å². The number of piperidine rings is 1. The molecule has 0 saturated carbocycles. The van der Waals surface area contributed by atoms with Crippen LogP contribution in [0.3, 0.4) is 0 Å². The average molecular weight is 285 g/mol. The van der Waals surface area contributed by atoms with Gasteiger partial charge in [-0.1, -0.05) is 0 Å². The lowest BCUT2D eigenvalue weighted by Crippen LogP contribution is -2.51. The number of carboxylic acid groups (broad SMARTS) is 1. The quantitative estimate of drug-likeness (QED) is 0.850. The molecule has 1 aliphatic heterocycles. The number of hydrogen-bond donors (Lipinski definition) is 2. The minimum atomic E-state index is -1.86. The molecule has 0 unspecified atom stereocenters. The van der Waals surface area contributed by atoms with Crippen LogP contribution in [0.15, 0.2) is 18.2 Å². The topological polar surface area (TPSA) is 77.8 Å². The molecular formula is C13H13F2NO4. The molecule has 5 nitrogen and oxygen atoms in total. The fourth-order valence-electron chi connectivity index (χ4n) is 2.13. The Hall–Kier alpha value is -2.02. The summed E-state index contributed by atoms with van der Waals surface area (Å²) in [7, 11) is 0. The minimum Gasteiger partial charge on any atom is -0.479 e. The first-order valence-corrected chi connectivity index (χ1v) is 6.03. The summed E-state index contributed by atoms with van der Waals surface area (Å²) in [6.07, 6.45) is -0.296. The van der Waals surface area contributed by atoms with E-state index in [1.807, 2.05) is 0 Å². The van der Waals surface area contributed by atoms with Crippen molar-refractivity contribution in [3.63, 3.8) is 0 Å². The molecule has 7 heteroatoms. The van der Waals surface area contributed by atoms with E-state index in [0.29, 0.717) is 0 Å². The number of halogens is 2. The number of carboxylic acids is 1. The molecular weight excluding hydrogens is 272 g/mol. The zero-order valence-electron chi connectivity index (χ0n) is 10.5. The SMILES string of the molecule is O=C(c1cc(F)ccc1F)N1CCC(O)(C(=O)O)CC1. The zero-order chi connectivity index (χ0) is 14.9. The van der Waals surface area contributed by atoms with E-state index in [9.17, 15) is 23.5 Å². The molecule has 0 bridgehead atoms. The van der Waals surface area contributed by atoms with Crippen molar-refractivity contribution in [2.24, 2.45) is 0 Å². The van der Waals surface area contributed by atoms with Crippen molar-refractivity contribution < 1.29 is 28.6 Å². The van der Waals surface area contributed by atoms with Crippen LogP contribution < -0.4 is 0 Å². The molecule has 0 radical (unpaired) electrons. The summed E-state index contributed by atoms with van der Waals surface area (Å²) in [5.74, 6) is -3.62. The molecule has 1 saturated heterocycles. The van der Waals surface area contributed by atoms with E-state index in [1.54, 1.807) is 0 Å². The number of aliphatic carboxylic acids is 1. The van der Waals surface area contributed by atoms with Gasteiger partial charge in [-0.25, -0.2) is 13.6 Å². The summed E-state index contributed by atoms with van der Waals surface area (Å²) in [4.78, 5) is 24.1. The van der Waals surface area contributed by atoms with E-state index < -0.39 is 34.7 Å². The Bertz CT molecular complexity index is 553. The lowest BCUT2D eigenvalue weighted by Gasteiger charge is -2.35. The Morgan fingerprint density at radius 3 is 2.35 bits per heavy atom. The van der Waals surface area contributed by atoms with Gasteiger partial charge in [-0.15, -0.1) is 0 Å². The van der Waals surface area contributed by atoms with Crippen molar-refractivity contribution >= 4 is 11.9 Å². The number of nitrogens with zero attached hydrogens (tertiary/aromatic N) is 1. The third-order valence-electron chi connectivity index (χ3n) is 3.43. The molecule has 0 aliphatic carbocycles. The summed E-state index contributed by atoms with van der Waals surface area (Å²) in [5, 5.41) is 18.6. The maximum Gasteiger partial charge on any atom is 0.335 e. The lowest BCUT2D eigenvalue weighted by atomic mass is 9.91. The Balaban J connectivity index is 2.13. The largest absolute Gasteiger partial charge is 0.479 e. The van der Waals surface area contributed by atoms with Gasteiger partial charge in [0, 0.05) is 25.9 Å². The fraction of sp³-hybridized carbons (Fsp3) is 0.385. The highest BCUT2D eigenvalue weighted by molar-refractivity contribution is 5.94. The average Bonchev–Trinajstić information content (AvgIpc) is 2.41. The molecule has 1 amide bonds. The Kier molecular flexibility index (Phi) is 3.71. The fourth-order valence-corrected chi connectivity index (χ4v) is 2.13. The number of benzene rings is 1. The summed E-state index contributed by atoms with van der Waals surface area (Å²) in [6, 6.07) is 2.57. The molecule has 1 heterocycles. The van der Waals surface area contributed by atoms with Crippen LogP contribution in [0.1, 0.15) is 23.2 Å². The van der Waals surface area contributed by atoms with Crippen LogP contribution in [0.5, 0.6) is 0 Å². The van der Waals surface area contributed by atoms with Gasteiger partial charge in [-0.3, -0.25) is 4.79 Å². The standard InChI is InChI=1S/C13H13F2NO4/c14-8-1-2-10(15)9(7-8)11(17)16-5-3-13(20,4-6-16)12(18)19/h1-2,7,20H,3-6H2,(H,18,19). The van der Waals surface area contributed by atoms with Crippen LogP contribution in [0.25, 0.3) is 0 Å². The highest BCUT2D eigenvalue weighted by Gasteiger charge is 2.40. The van der Waals surface area contributed by atoms with Gasteiger partial charge in [-0.2, -0.15) is 0 Å². The highest BCUT2D eigenvalue weighted by atomic mass is 19.1. The summed E-state index contributed by atoms with van der Waals surface area (Å²) >= 11 is 0. The van der Waals surface area contributed by atoms with Gasteiger partial charge >= 0.3 is 5.97 Å². The highest BCUT2D eigenvalue weighted by Crippen LogP contribution is 2.24. The molecule has 2 rings (SSSR count). The van der Waals surface area contributed by atoms with E-state index in [2.05, 4.69) is 0 Å². The first-order valence-electron chi connectivity index (χ1n) is 6.03. The lowest BCUT2D eigenvalue weighted by molar-refractivity contribution is -0.162. The van der Waals surface area contributed by atoms with Crippen molar-refractivity contribution in [2.45, 2.75) is 18.4 Å². The first-order chi connectivity index (χ1) is 9.33. The van der Waals surface area contributed by atoms with E-state index in [1.165, 1.54) is 4.90 Å². The molecule has 108 valence electrons. The van der Waals surface area contributed by atoms with Crippen LogP contribution in [0.4, 0.5) is 8.78 Å².